The average molecular weight is 279 g/mol. The predicted octanol–water partition coefficient (Wildman–Crippen LogP) is 4.99. The highest BCUT2D eigenvalue weighted by Gasteiger charge is 2.16. The molecule has 1 aromatic carbocycles. The molecule has 0 saturated carbocycles. The minimum absolute atomic E-state index is 0.325. The van der Waals surface area contributed by atoms with Gasteiger partial charge < -0.3 is 5.32 Å². The lowest BCUT2D eigenvalue weighted by Crippen LogP contribution is -2.25. The van der Waals surface area contributed by atoms with E-state index < -0.39 is 0 Å². The minimum atomic E-state index is 0.325. The van der Waals surface area contributed by atoms with Crippen molar-refractivity contribution in [3.05, 3.63) is 35.4 Å². The van der Waals surface area contributed by atoms with Crippen LogP contribution in [-0.4, -0.2) is 17.0 Å². The van der Waals surface area contributed by atoms with Gasteiger partial charge in [0.2, 0.25) is 0 Å². The Morgan fingerprint density at radius 1 is 1.05 bits per heavy atom. The van der Waals surface area contributed by atoms with E-state index in [4.69, 9.17) is 0 Å². The first-order valence-corrected chi connectivity index (χ1v) is 8.29. The molecule has 0 spiro atoms. The van der Waals surface area contributed by atoms with Crippen LogP contribution >= 0.6 is 11.8 Å². The largest absolute Gasteiger partial charge is 0.310 e. The van der Waals surface area contributed by atoms with Gasteiger partial charge in [-0.1, -0.05) is 65.8 Å². The van der Waals surface area contributed by atoms with Crippen LogP contribution in [0.3, 0.4) is 0 Å². The summed E-state index contributed by atoms with van der Waals surface area (Å²) in [5.74, 6) is 1.73. The number of nitrogens with one attached hydrogen (secondary N) is 1. The maximum atomic E-state index is 3.60. The molecule has 0 aliphatic rings. The summed E-state index contributed by atoms with van der Waals surface area (Å²) in [6, 6.07) is 9.56. The van der Waals surface area contributed by atoms with Crippen LogP contribution in [-0.2, 0) is 0 Å². The monoisotopic (exact) mass is 279 g/mol. The van der Waals surface area contributed by atoms with Gasteiger partial charge in [0, 0.05) is 16.5 Å². The normalized spacial score (nSPS) is 13.8. The maximum Gasteiger partial charge on any atom is 0.0411 e. The topological polar surface area (TPSA) is 12.0 Å². The van der Waals surface area contributed by atoms with Crippen LogP contribution in [0.25, 0.3) is 0 Å². The van der Waals surface area contributed by atoms with Gasteiger partial charge in [-0.25, -0.2) is 0 Å². The van der Waals surface area contributed by atoms with Crippen LogP contribution in [0.2, 0.25) is 0 Å². The summed E-state index contributed by atoms with van der Waals surface area (Å²) in [7, 11) is 0. The fourth-order valence-electron chi connectivity index (χ4n) is 1.97. The van der Waals surface area contributed by atoms with Crippen LogP contribution < -0.4 is 5.32 Å². The Bertz CT molecular complexity index is 362. The van der Waals surface area contributed by atoms with Gasteiger partial charge in [0.15, 0.2) is 0 Å². The summed E-state index contributed by atoms with van der Waals surface area (Å²) < 4.78 is 0.325. The predicted molar refractivity (Wildman–Crippen MR) is 89.2 cm³/mol. The second-order valence-electron chi connectivity index (χ2n) is 6.36. The Kier molecular flexibility index (Phi) is 6.41. The molecule has 108 valence electrons. The first kappa shape index (κ1) is 16.6. The molecule has 1 unspecified atom stereocenters. The van der Waals surface area contributed by atoms with Crippen molar-refractivity contribution >= 4 is 11.8 Å². The molecule has 0 fully saturated rings. The van der Waals surface area contributed by atoms with E-state index in [1.165, 1.54) is 11.1 Å². The quantitative estimate of drug-likeness (QED) is 0.787. The molecule has 1 N–H and O–H groups in total. The number of hydrogen-bond donors (Lipinski definition) is 1. The van der Waals surface area contributed by atoms with Gasteiger partial charge in [-0.3, -0.25) is 0 Å². The van der Waals surface area contributed by atoms with Gasteiger partial charge in [-0.2, -0.15) is 11.8 Å². The van der Waals surface area contributed by atoms with E-state index in [2.05, 4.69) is 71.1 Å². The Morgan fingerprint density at radius 3 is 2.00 bits per heavy atom. The molecule has 1 nitrogen and oxygen atoms in total. The molecular formula is C17H29NS. The van der Waals surface area contributed by atoms with Crippen molar-refractivity contribution in [3.63, 3.8) is 0 Å². The third-order valence-corrected chi connectivity index (χ3v) is 4.51. The number of hydrogen-bond acceptors (Lipinski definition) is 2. The van der Waals surface area contributed by atoms with E-state index in [0.29, 0.717) is 16.7 Å². The lowest BCUT2D eigenvalue weighted by Gasteiger charge is -2.24. The minimum Gasteiger partial charge on any atom is -0.310 e. The first-order valence-electron chi connectivity index (χ1n) is 7.30. The lowest BCUT2D eigenvalue weighted by molar-refractivity contribution is 0.602. The van der Waals surface area contributed by atoms with Crippen LogP contribution in [0.4, 0.5) is 0 Å². The Labute approximate surface area is 123 Å². The van der Waals surface area contributed by atoms with Gasteiger partial charge in [-0.15, -0.1) is 0 Å². The van der Waals surface area contributed by atoms with Crippen molar-refractivity contribution in [3.8, 4) is 0 Å². The van der Waals surface area contributed by atoms with E-state index in [-0.39, 0.29) is 0 Å². The van der Waals surface area contributed by atoms with Gasteiger partial charge in [-0.05, 0) is 23.6 Å². The highest BCUT2D eigenvalue weighted by atomic mass is 32.2. The van der Waals surface area contributed by atoms with Crippen LogP contribution in [0, 0.1) is 0 Å². The molecule has 0 heterocycles. The number of rotatable bonds is 6. The summed E-state index contributed by atoms with van der Waals surface area (Å²) >= 11 is 2.02. The van der Waals surface area contributed by atoms with E-state index >= 15 is 0 Å². The molecule has 19 heavy (non-hydrogen) atoms. The van der Waals surface area contributed by atoms with Crippen molar-refractivity contribution in [2.24, 2.45) is 0 Å². The zero-order valence-corrected chi connectivity index (χ0v) is 14.1. The fourth-order valence-corrected chi connectivity index (χ4v) is 2.94. The van der Waals surface area contributed by atoms with E-state index in [1.807, 2.05) is 11.8 Å². The van der Waals surface area contributed by atoms with Crippen molar-refractivity contribution in [2.45, 2.75) is 58.2 Å². The Hall–Kier alpha value is -0.470. The molecule has 0 aliphatic carbocycles. The van der Waals surface area contributed by atoms with Gasteiger partial charge in [0.05, 0.1) is 0 Å². The molecule has 0 aromatic heterocycles. The van der Waals surface area contributed by atoms with Gasteiger partial charge >= 0.3 is 0 Å². The average Bonchev–Trinajstić information content (AvgIpc) is 2.33. The zero-order chi connectivity index (χ0) is 14.5. The van der Waals surface area contributed by atoms with E-state index in [0.717, 1.165) is 12.3 Å². The van der Waals surface area contributed by atoms with Crippen LogP contribution in [0.1, 0.15) is 64.6 Å². The molecule has 1 rings (SSSR count). The Balaban J connectivity index is 2.75. The van der Waals surface area contributed by atoms with Crippen LogP contribution in [0.5, 0.6) is 0 Å². The van der Waals surface area contributed by atoms with Gasteiger partial charge in [0.1, 0.15) is 0 Å². The maximum absolute atomic E-state index is 3.60. The fraction of sp³-hybridized carbons (Fsp3) is 0.647. The lowest BCUT2D eigenvalue weighted by atomic mass is 9.99. The molecule has 0 radical (unpaired) electrons. The highest BCUT2D eigenvalue weighted by molar-refractivity contribution is 8.00. The van der Waals surface area contributed by atoms with Crippen molar-refractivity contribution in [2.75, 3.05) is 12.3 Å². The number of thioether (sulfide) groups is 1. The zero-order valence-electron chi connectivity index (χ0n) is 13.3. The summed E-state index contributed by atoms with van der Waals surface area (Å²) in [6.45, 7) is 14.5. The SMILES string of the molecule is CCNC(CSC(C)(C)C)c1ccc(C(C)C)cc1. The first-order chi connectivity index (χ1) is 8.83. The molecular weight excluding hydrogens is 250 g/mol. The van der Waals surface area contributed by atoms with Crippen LogP contribution in [0.15, 0.2) is 24.3 Å². The summed E-state index contributed by atoms with van der Waals surface area (Å²) in [6.07, 6.45) is 0. The second-order valence-corrected chi connectivity index (χ2v) is 8.20. The smallest absolute Gasteiger partial charge is 0.0411 e. The summed E-state index contributed by atoms with van der Waals surface area (Å²) in [5.41, 5.74) is 2.82. The van der Waals surface area contributed by atoms with Crippen molar-refractivity contribution < 1.29 is 0 Å². The van der Waals surface area contributed by atoms with Gasteiger partial charge in [0.25, 0.3) is 0 Å². The summed E-state index contributed by atoms with van der Waals surface area (Å²) in [4.78, 5) is 0. The van der Waals surface area contributed by atoms with Crippen molar-refractivity contribution in [1.29, 1.82) is 0 Å². The standard InChI is InChI=1S/C17H29NS/c1-7-18-16(12-19-17(4,5)6)15-10-8-14(9-11-15)13(2)3/h8-11,13,16,18H,7,12H2,1-6H3. The Morgan fingerprint density at radius 2 is 1.58 bits per heavy atom. The molecule has 2 heteroatoms. The molecule has 0 bridgehead atoms. The molecule has 0 saturated heterocycles. The van der Waals surface area contributed by atoms with Crippen molar-refractivity contribution in [1.82, 2.24) is 5.32 Å². The molecule has 1 atom stereocenters. The highest BCUT2D eigenvalue weighted by Crippen LogP contribution is 2.29. The number of benzene rings is 1. The second kappa shape index (κ2) is 7.35. The summed E-state index contributed by atoms with van der Waals surface area (Å²) in [5, 5.41) is 3.60. The molecule has 0 amide bonds. The third-order valence-electron chi connectivity index (χ3n) is 3.14. The van der Waals surface area contributed by atoms with E-state index in [9.17, 15) is 0 Å². The molecule has 0 aliphatic heterocycles. The third kappa shape index (κ3) is 6.01. The van der Waals surface area contributed by atoms with E-state index in [1.54, 1.807) is 0 Å². The molecule has 1 aromatic rings.